The van der Waals surface area contributed by atoms with Crippen molar-refractivity contribution in [3.05, 3.63) is 65.0 Å². The molecular weight excluding hydrogens is 473 g/mol. The van der Waals surface area contributed by atoms with Crippen LogP contribution in [0.3, 0.4) is 0 Å². The third kappa shape index (κ3) is 5.82. The largest absolute Gasteiger partial charge is 0.497 e. The van der Waals surface area contributed by atoms with Crippen LogP contribution in [-0.2, 0) is 6.54 Å². The molecule has 0 amide bonds. The molecule has 144 valence electrons. The van der Waals surface area contributed by atoms with Crippen LogP contribution in [-0.4, -0.2) is 31.8 Å². The molecule has 5 nitrogen and oxygen atoms in total. The molecule has 1 atom stereocenters. The highest BCUT2D eigenvalue weighted by Gasteiger charge is 2.12. The standard InChI is InChI=1S/C20H23N3O2S.HI/c1-21-20(22-12-14-6-5-8-16(10-14)25-2)23-13-17(24)19-11-15-7-3-4-9-18(15)26-19;/h3-11,17,24H,12-13H2,1-2H3,(H2,21,22,23);1H. The predicted molar refractivity (Wildman–Crippen MR) is 123 cm³/mol. The van der Waals surface area contributed by atoms with Crippen molar-refractivity contribution in [2.24, 2.45) is 4.99 Å². The van der Waals surface area contributed by atoms with Gasteiger partial charge in [-0.15, -0.1) is 35.3 Å². The van der Waals surface area contributed by atoms with E-state index in [4.69, 9.17) is 4.74 Å². The third-order valence-electron chi connectivity index (χ3n) is 4.05. The first-order chi connectivity index (χ1) is 12.7. The van der Waals surface area contributed by atoms with E-state index >= 15 is 0 Å². The molecule has 0 saturated carbocycles. The fourth-order valence-corrected chi connectivity index (χ4v) is 3.70. The van der Waals surface area contributed by atoms with E-state index in [0.717, 1.165) is 21.6 Å². The SMILES string of the molecule is CN=C(NCc1cccc(OC)c1)NCC(O)c1cc2ccccc2s1.I. The number of aliphatic hydroxyl groups is 1. The summed E-state index contributed by atoms with van der Waals surface area (Å²) in [4.78, 5) is 5.16. The highest BCUT2D eigenvalue weighted by Crippen LogP contribution is 2.29. The van der Waals surface area contributed by atoms with Crippen LogP contribution in [0.1, 0.15) is 16.5 Å². The fraction of sp³-hybridized carbons (Fsp3) is 0.250. The summed E-state index contributed by atoms with van der Waals surface area (Å²) in [6.07, 6.45) is -0.581. The Labute approximate surface area is 180 Å². The second-order valence-corrected chi connectivity index (χ2v) is 6.98. The highest BCUT2D eigenvalue weighted by molar-refractivity contribution is 14.0. The van der Waals surface area contributed by atoms with Crippen molar-refractivity contribution in [3.63, 3.8) is 0 Å². The van der Waals surface area contributed by atoms with E-state index in [9.17, 15) is 5.11 Å². The van der Waals surface area contributed by atoms with E-state index in [1.54, 1.807) is 25.5 Å². The lowest BCUT2D eigenvalue weighted by atomic mass is 10.2. The Morgan fingerprint density at radius 3 is 2.70 bits per heavy atom. The van der Waals surface area contributed by atoms with Gasteiger partial charge in [0.1, 0.15) is 11.9 Å². The Hall–Kier alpha value is -1.84. The number of benzene rings is 2. The molecule has 0 aliphatic heterocycles. The number of guanidine groups is 1. The molecule has 27 heavy (non-hydrogen) atoms. The van der Waals surface area contributed by atoms with E-state index in [2.05, 4.69) is 27.8 Å². The predicted octanol–water partition coefficient (Wildman–Crippen LogP) is 3.93. The molecule has 0 spiro atoms. The molecule has 1 aromatic heterocycles. The van der Waals surface area contributed by atoms with E-state index < -0.39 is 6.10 Å². The van der Waals surface area contributed by atoms with Crippen LogP contribution in [0.15, 0.2) is 59.6 Å². The van der Waals surface area contributed by atoms with Crippen LogP contribution in [0, 0.1) is 0 Å². The number of ether oxygens (including phenoxy) is 1. The second-order valence-electron chi connectivity index (χ2n) is 5.86. The average molecular weight is 497 g/mol. The lowest BCUT2D eigenvalue weighted by Gasteiger charge is -2.15. The minimum absolute atomic E-state index is 0. The normalized spacial score (nSPS) is 12.3. The van der Waals surface area contributed by atoms with Gasteiger partial charge in [0, 0.05) is 29.7 Å². The van der Waals surface area contributed by atoms with Crippen molar-refractivity contribution in [1.29, 1.82) is 0 Å². The second kappa shape index (κ2) is 10.5. The minimum atomic E-state index is -0.581. The van der Waals surface area contributed by atoms with E-state index in [-0.39, 0.29) is 24.0 Å². The quantitative estimate of drug-likeness (QED) is 0.275. The molecule has 0 bridgehead atoms. The summed E-state index contributed by atoms with van der Waals surface area (Å²) in [7, 11) is 3.37. The zero-order chi connectivity index (χ0) is 18.4. The molecule has 1 unspecified atom stereocenters. The average Bonchev–Trinajstić information content (AvgIpc) is 3.12. The van der Waals surface area contributed by atoms with Gasteiger partial charge in [-0.25, -0.2) is 0 Å². The fourth-order valence-electron chi connectivity index (χ4n) is 2.65. The summed E-state index contributed by atoms with van der Waals surface area (Å²) >= 11 is 1.61. The lowest BCUT2D eigenvalue weighted by Crippen LogP contribution is -2.38. The van der Waals surface area contributed by atoms with Gasteiger partial charge in [0.25, 0.3) is 0 Å². The van der Waals surface area contributed by atoms with Crippen LogP contribution >= 0.6 is 35.3 Å². The van der Waals surface area contributed by atoms with Crippen molar-refractivity contribution in [3.8, 4) is 5.75 Å². The maximum atomic E-state index is 10.5. The Balaban J connectivity index is 0.00000261. The van der Waals surface area contributed by atoms with Crippen LogP contribution in [0.25, 0.3) is 10.1 Å². The first kappa shape index (κ1) is 21.5. The number of hydrogen-bond donors (Lipinski definition) is 3. The molecule has 0 saturated heterocycles. The smallest absolute Gasteiger partial charge is 0.191 e. The van der Waals surface area contributed by atoms with Crippen LogP contribution in [0.2, 0.25) is 0 Å². The molecule has 0 aliphatic rings. The molecular formula is C20H24IN3O2S. The third-order valence-corrected chi connectivity index (χ3v) is 5.27. The van der Waals surface area contributed by atoms with Crippen molar-refractivity contribution in [2.45, 2.75) is 12.6 Å². The number of nitrogens with one attached hydrogen (secondary N) is 2. The van der Waals surface area contributed by atoms with Crippen molar-refractivity contribution in [1.82, 2.24) is 10.6 Å². The van der Waals surface area contributed by atoms with Gasteiger partial charge in [0.2, 0.25) is 0 Å². The molecule has 3 aromatic rings. The molecule has 3 N–H and O–H groups in total. The number of rotatable bonds is 6. The first-order valence-corrected chi connectivity index (χ1v) is 9.25. The topological polar surface area (TPSA) is 65.9 Å². The summed E-state index contributed by atoms with van der Waals surface area (Å²) in [6, 6.07) is 18.1. The maximum absolute atomic E-state index is 10.5. The van der Waals surface area contributed by atoms with E-state index in [1.165, 1.54) is 4.70 Å². The Morgan fingerprint density at radius 1 is 1.15 bits per heavy atom. The zero-order valence-electron chi connectivity index (χ0n) is 15.3. The highest BCUT2D eigenvalue weighted by atomic mass is 127. The Bertz CT molecular complexity index is 865. The number of thiophene rings is 1. The Morgan fingerprint density at radius 2 is 1.96 bits per heavy atom. The molecule has 0 fully saturated rings. The first-order valence-electron chi connectivity index (χ1n) is 8.43. The summed E-state index contributed by atoms with van der Waals surface area (Å²) in [5, 5.41) is 18.0. The monoisotopic (exact) mass is 497 g/mol. The number of halogens is 1. The summed E-state index contributed by atoms with van der Waals surface area (Å²) in [5.41, 5.74) is 1.09. The zero-order valence-corrected chi connectivity index (χ0v) is 18.5. The van der Waals surface area contributed by atoms with E-state index in [0.29, 0.717) is 19.0 Å². The number of aliphatic imine (C=N–C) groups is 1. The molecule has 0 radical (unpaired) electrons. The van der Waals surface area contributed by atoms with Gasteiger partial charge >= 0.3 is 0 Å². The number of hydrogen-bond acceptors (Lipinski definition) is 4. The molecule has 3 rings (SSSR count). The van der Waals surface area contributed by atoms with Crippen molar-refractivity contribution < 1.29 is 9.84 Å². The summed E-state index contributed by atoms with van der Waals surface area (Å²) < 4.78 is 6.42. The van der Waals surface area contributed by atoms with Crippen LogP contribution < -0.4 is 15.4 Å². The van der Waals surface area contributed by atoms with Gasteiger partial charge < -0.3 is 20.5 Å². The maximum Gasteiger partial charge on any atom is 0.191 e. The van der Waals surface area contributed by atoms with Gasteiger partial charge in [-0.2, -0.15) is 0 Å². The number of aliphatic hydroxyl groups excluding tert-OH is 1. The summed E-state index contributed by atoms with van der Waals surface area (Å²) in [6.45, 7) is 1.01. The minimum Gasteiger partial charge on any atom is -0.497 e. The number of methoxy groups -OCH3 is 1. The van der Waals surface area contributed by atoms with Crippen molar-refractivity contribution >= 4 is 51.4 Å². The van der Waals surface area contributed by atoms with Gasteiger partial charge in [0.05, 0.1) is 7.11 Å². The Kier molecular flexibility index (Phi) is 8.33. The van der Waals surface area contributed by atoms with Gasteiger partial charge in [0.15, 0.2) is 5.96 Å². The van der Waals surface area contributed by atoms with Crippen LogP contribution in [0.5, 0.6) is 5.75 Å². The molecule has 1 heterocycles. The number of nitrogens with zero attached hydrogens (tertiary/aromatic N) is 1. The lowest BCUT2D eigenvalue weighted by molar-refractivity contribution is 0.184. The molecule has 7 heteroatoms. The van der Waals surface area contributed by atoms with Crippen LogP contribution in [0.4, 0.5) is 0 Å². The molecule has 2 aromatic carbocycles. The number of fused-ring (bicyclic) bond motifs is 1. The summed E-state index contributed by atoms with van der Waals surface area (Å²) in [5.74, 6) is 1.47. The van der Waals surface area contributed by atoms with Crippen molar-refractivity contribution in [2.75, 3.05) is 20.7 Å². The van der Waals surface area contributed by atoms with Gasteiger partial charge in [-0.3, -0.25) is 4.99 Å². The molecule has 0 aliphatic carbocycles. The van der Waals surface area contributed by atoms with E-state index in [1.807, 2.05) is 42.5 Å². The van der Waals surface area contributed by atoms with Gasteiger partial charge in [-0.05, 0) is 35.2 Å². The van der Waals surface area contributed by atoms with Gasteiger partial charge in [-0.1, -0.05) is 30.3 Å².